The highest BCUT2D eigenvalue weighted by Gasteiger charge is 2.09. The molecule has 3 heteroatoms. The van der Waals surface area contributed by atoms with Gasteiger partial charge in [0.15, 0.2) is 0 Å². The Balaban J connectivity index is 1.88. The first-order valence-corrected chi connectivity index (χ1v) is 6.57. The molecule has 0 saturated heterocycles. The van der Waals surface area contributed by atoms with Crippen LogP contribution in [0.2, 0.25) is 0 Å². The number of hydrogen-bond acceptors (Lipinski definition) is 3. The summed E-state index contributed by atoms with van der Waals surface area (Å²) < 4.78 is 5.09. The summed E-state index contributed by atoms with van der Waals surface area (Å²) >= 11 is 0. The smallest absolute Gasteiger partial charge is 0.212 e. The number of benzene rings is 1. The lowest BCUT2D eigenvalue weighted by atomic mass is 10.1. The average molecular weight is 264 g/mol. The highest BCUT2D eigenvalue weighted by atomic mass is 16.5. The second-order valence-electron chi connectivity index (χ2n) is 4.56. The lowest BCUT2D eigenvalue weighted by Gasteiger charge is -2.23. The molecule has 0 saturated carbocycles. The monoisotopic (exact) mass is 264 g/mol. The van der Waals surface area contributed by atoms with Crippen LogP contribution in [0.15, 0.2) is 67.0 Å². The van der Waals surface area contributed by atoms with Crippen molar-refractivity contribution < 1.29 is 4.74 Å². The standard InChI is InChI=1S/C17H16N2O/c1-20-17-10-9-14(12-18-17)15-6-5-11-19(13-15)16-7-3-2-4-8-16/h2-10,12-13H,11H2,1H3. The molecule has 3 rings (SSSR count). The Hall–Kier alpha value is -2.55. The summed E-state index contributed by atoms with van der Waals surface area (Å²) in [7, 11) is 1.62. The van der Waals surface area contributed by atoms with Gasteiger partial charge in [0.2, 0.25) is 5.88 Å². The summed E-state index contributed by atoms with van der Waals surface area (Å²) in [6.45, 7) is 0.886. The Kier molecular flexibility index (Phi) is 3.50. The minimum absolute atomic E-state index is 0.633. The Labute approximate surface area is 118 Å². The average Bonchev–Trinajstić information content (AvgIpc) is 2.56. The van der Waals surface area contributed by atoms with Gasteiger partial charge in [-0.15, -0.1) is 0 Å². The molecule has 0 N–H and O–H groups in total. The molecule has 0 amide bonds. The van der Waals surface area contributed by atoms with Gasteiger partial charge in [-0.25, -0.2) is 4.98 Å². The third kappa shape index (κ3) is 2.57. The summed E-state index contributed by atoms with van der Waals surface area (Å²) in [5, 5.41) is 0. The number of rotatable bonds is 3. The zero-order valence-electron chi connectivity index (χ0n) is 11.4. The van der Waals surface area contributed by atoms with Crippen LogP contribution in [0.5, 0.6) is 5.88 Å². The van der Waals surface area contributed by atoms with Gasteiger partial charge in [-0.1, -0.05) is 30.4 Å². The minimum atomic E-state index is 0.633. The lowest BCUT2D eigenvalue weighted by molar-refractivity contribution is 0.398. The molecule has 0 radical (unpaired) electrons. The molecule has 1 aromatic carbocycles. The van der Waals surface area contributed by atoms with Gasteiger partial charge in [0.25, 0.3) is 0 Å². The number of aromatic nitrogens is 1. The zero-order chi connectivity index (χ0) is 13.8. The minimum Gasteiger partial charge on any atom is -0.481 e. The van der Waals surface area contributed by atoms with Crippen LogP contribution in [0.4, 0.5) is 5.69 Å². The van der Waals surface area contributed by atoms with Crippen molar-refractivity contribution in [3.8, 4) is 5.88 Å². The van der Waals surface area contributed by atoms with Gasteiger partial charge in [0, 0.05) is 36.3 Å². The van der Waals surface area contributed by atoms with E-state index in [4.69, 9.17) is 4.74 Å². The molecule has 100 valence electrons. The maximum Gasteiger partial charge on any atom is 0.212 e. The van der Waals surface area contributed by atoms with Crippen molar-refractivity contribution in [1.29, 1.82) is 0 Å². The van der Waals surface area contributed by atoms with Crippen LogP contribution < -0.4 is 9.64 Å². The number of nitrogens with zero attached hydrogens (tertiary/aromatic N) is 2. The second kappa shape index (κ2) is 5.61. The van der Waals surface area contributed by atoms with Crippen molar-refractivity contribution in [3.05, 3.63) is 72.6 Å². The highest BCUT2D eigenvalue weighted by molar-refractivity contribution is 5.77. The number of ether oxygens (including phenoxy) is 1. The Bertz CT molecular complexity index is 630. The van der Waals surface area contributed by atoms with Gasteiger partial charge < -0.3 is 9.64 Å². The van der Waals surface area contributed by atoms with E-state index < -0.39 is 0 Å². The molecule has 3 nitrogen and oxygen atoms in total. The topological polar surface area (TPSA) is 25.4 Å². The maximum absolute atomic E-state index is 5.09. The molecular weight excluding hydrogens is 248 g/mol. The van der Waals surface area contributed by atoms with Gasteiger partial charge in [-0.3, -0.25) is 0 Å². The largest absolute Gasteiger partial charge is 0.481 e. The molecule has 1 aromatic heterocycles. The van der Waals surface area contributed by atoms with Crippen molar-refractivity contribution >= 4 is 11.3 Å². The molecule has 0 aliphatic carbocycles. The van der Waals surface area contributed by atoms with Crippen LogP contribution in [0.1, 0.15) is 5.56 Å². The highest BCUT2D eigenvalue weighted by Crippen LogP contribution is 2.24. The van der Waals surface area contributed by atoms with Crippen LogP contribution >= 0.6 is 0 Å². The molecule has 2 heterocycles. The molecule has 0 unspecified atom stereocenters. The molecule has 0 bridgehead atoms. The van der Waals surface area contributed by atoms with E-state index in [0.717, 1.165) is 17.7 Å². The molecule has 0 fully saturated rings. The van der Waals surface area contributed by atoms with Crippen LogP contribution in [0.25, 0.3) is 5.57 Å². The van der Waals surface area contributed by atoms with Crippen LogP contribution in [-0.4, -0.2) is 18.6 Å². The van der Waals surface area contributed by atoms with Crippen molar-refractivity contribution in [2.24, 2.45) is 0 Å². The third-order valence-electron chi connectivity index (χ3n) is 3.26. The number of pyridine rings is 1. The molecular formula is C17H16N2O. The van der Waals surface area contributed by atoms with E-state index >= 15 is 0 Å². The van der Waals surface area contributed by atoms with E-state index in [-0.39, 0.29) is 0 Å². The Morgan fingerprint density at radius 3 is 2.65 bits per heavy atom. The summed E-state index contributed by atoms with van der Waals surface area (Å²) in [4.78, 5) is 6.48. The van der Waals surface area contributed by atoms with E-state index in [1.807, 2.05) is 24.4 Å². The Morgan fingerprint density at radius 2 is 1.95 bits per heavy atom. The van der Waals surface area contributed by atoms with Crippen molar-refractivity contribution in [3.63, 3.8) is 0 Å². The number of hydrogen-bond donors (Lipinski definition) is 0. The first-order valence-electron chi connectivity index (χ1n) is 6.57. The lowest BCUT2D eigenvalue weighted by Crippen LogP contribution is -2.18. The SMILES string of the molecule is COc1ccc(C2=CN(c3ccccc3)CC=C2)cn1. The first kappa shape index (κ1) is 12.5. The fraction of sp³-hybridized carbons (Fsp3) is 0.118. The molecule has 1 aliphatic heterocycles. The summed E-state index contributed by atoms with van der Waals surface area (Å²) in [6, 6.07) is 14.3. The summed E-state index contributed by atoms with van der Waals surface area (Å²) in [5.41, 5.74) is 3.42. The van der Waals surface area contributed by atoms with Gasteiger partial charge >= 0.3 is 0 Å². The summed E-state index contributed by atoms with van der Waals surface area (Å²) in [5.74, 6) is 0.633. The van der Waals surface area contributed by atoms with E-state index in [9.17, 15) is 0 Å². The third-order valence-corrected chi connectivity index (χ3v) is 3.26. The fourth-order valence-corrected chi connectivity index (χ4v) is 2.20. The Morgan fingerprint density at radius 1 is 1.10 bits per heavy atom. The van der Waals surface area contributed by atoms with Crippen molar-refractivity contribution in [2.75, 3.05) is 18.6 Å². The maximum atomic E-state index is 5.09. The predicted molar refractivity (Wildman–Crippen MR) is 81.7 cm³/mol. The van der Waals surface area contributed by atoms with E-state index in [1.165, 1.54) is 5.69 Å². The second-order valence-corrected chi connectivity index (χ2v) is 4.56. The molecule has 2 aromatic rings. The van der Waals surface area contributed by atoms with Gasteiger partial charge in [0.1, 0.15) is 0 Å². The fourth-order valence-electron chi connectivity index (χ4n) is 2.20. The molecule has 1 aliphatic rings. The van der Waals surface area contributed by atoms with E-state index in [2.05, 4.69) is 52.5 Å². The van der Waals surface area contributed by atoms with Crippen LogP contribution in [0, 0.1) is 0 Å². The van der Waals surface area contributed by atoms with Gasteiger partial charge in [-0.05, 0) is 23.8 Å². The number of methoxy groups -OCH3 is 1. The molecule has 0 spiro atoms. The van der Waals surface area contributed by atoms with Gasteiger partial charge in [0.05, 0.1) is 7.11 Å². The van der Waals surface area contributed by atoms with Crippen LogP contribution in [-0.2, 0) is 0 Å². The number of anilines is 1. The summed E-state index contributed by atoms with van der Waals surface area (Å²) in [6.07, 6.45) is 8.28. The van der Waals surface area contributed by atoms with Gasteiger partial charge in [-0.2, -0.15) is 0 Å². The molecule has 0 atom stereocenters. The predicted octanol–water partition coefficient (Wildman–Crippen LogP) is 3.51. The quantitative estimate of drug-likeness (QED) is 0.848. The normalized spacial score (nSPS) is 14.1. The van der Waals surface area contributed by atoms with E-state index in [1.54, 1.807) is 7.11 Å². The number of allylic oxidation sites excluding steroid dienone is 2. The first-order chi connectivity index (χ1) is 9.86. The van der Waals surface area contributed by atoms with E-state index in [0.29, 0.717) is 5.88 Å². The van der Waals surface area contributed by atoms with Crippen molar-refractivity contribution in [2.45, 2.75) is 0 Å². The van der Waals surface area contributed by atoms with Crippen LogP contribution in [0.3, 0.4) is 0 Å². The molecule has 20 heavy (non-hydrogen) atoms. The van der Waals surface area contributed by atoms with Crippen molar-refractivity contribution in [1.82, 2.24) is 4.98 Å². The number of para-hydroxylation sites is 1. The zero-order valence-corrected chi connectivity index (χ0v) is 11.4.